The first-order valence-corrected chi connectivity index (χ1v) is 4.15. The second kappa shape index (κ2) is 3.24. The maximum atomic E-state index is 10.7. The van der Waals surface area contributed by atoms with E-state index in [1.54, 1.807) is 0 Å². The van der Waals surface area contributed by atoms with Crippen molar-refractivity contribution in [1.82, 2.24) is 4.90 Å². The second-order valence-electron chi connectivity index (χ2n) is 3.74. The largest absolute Gasteiger partial charge is 0.309 e. The van der Waals surface area contributed by atoms with Crippen LogP contribution in [0.15, 0.2) is 0 Å². The molecule has 1 saturated heterocycles. The Labute approximate surface area is 73.2 Å². The average Bonchev–Trinajstić information content (AvgIpc) is 2.05. The molecule has 0 spiro atoms. The topological polar surface area (TPSA) is 24.7 Å². The first-order chi connectivity index (χ1) is 5.62. The quantitative estimate of drug-likeness (QED) is 0.425. The van der Waals surface area contributed by atoms with Gasteiger partial charge in [-0.3, -0.25) is 4.90 Å². The molecule has 1 aliphatic heterocycles. The summed E-state index contributed by atoms with van der Waals surface area (Å²) in [4.78, 5) is 16.3. The van der Waals surface area contributed by atoms with Crippen LogP contribution in [0.5, 0.6) is 0 Å². The molecule has 3 nitrogen and oxygen atoms in total. The van der Waals surface area contributed by atoms with Gasteiger partial charge < -0.3 is 9.64 Å². The van der Waals surface area contributed by atoms with Crippen molar-refractivity contribution < 1.29 is 4.79 Å². The number of hydrogen-bond donors (Lipinski definition) is 0. The molecule has 0 radical (unpaired) electrons. The first kappa shape index (κ1) is 9.21. The minimum Gasteiger partial charge on any atom is -0.309 e. The van der Waals surface area contributed by atoms with Crippen molar-refractivity contribution >= 4 is 6.29 Å². The van der Waals surface area contributed by atoms with Crippen LogP contribution in [-0.2, 0) is 4.79 Å². The normalized spacial score (nSPS) is 37.2. The summed E-state index contributed by atoms with van der Waals surface area (Å²) in [6.07, 6.45) is 1.75. The fraction of sp³-hybridized carbons (Fsp3) is 0.778. The summed E-state index contributed by atoms with van der Waals surface area (Å²) in [5.74, 6) is -0.0776. The number of rotatable bonds is 1. The van der Waals surface area contributed by atoms with Gasteiger partial charge in [-0.05, 0) is 20.0 Å². The van der Waals surface area contributed by atoms with Crippen LogP contribution in [-0.4, -0.2) is 36.9 Å². The molecule has 0 aromatic rings. The van der Waals surface area contributed by atoms with Crippen molar-refractivity contribution in [3.05, 3.63) is 11.4 Å². The Morgan fingerprint density at radius 2 is 2.42 bits per heavy atom. The van der Waals surface area contributed by atoms with Gasteiger partial charge in [0, 0.05) is 6.92 Å². The summed E-state index contributed by atoms with van der Waals surface area (Å²) < 4.78 is 0. The Balaban J connectivity index is 2.79. The lowest BCUT2D eigenvalue weighted by molar-refractivity contribution is -0.113. The molecule has 66 valence electrons. The number of carbonyl (C=O) groups excluding carboxylic acids is 1. The maximum Gasteiger partial charge on any atom is 0.251 e. The maximum absolute atomic E-state index is 10.7. The number of likely N-dealkylation sites (tertiary alicyclic amines) is 1. The standard InChI is InChI=1S/C9H14N2O/c1-9(10-2)7-11(3)5-4-8(9)6-12/h6,8H,4-5,7H2,1,3H3. The van der Waals surface area contributed by atoms with Crippen LogP contribution in [0.4, 0.5) is 0 Å². The minimum absolute atomic E-state index is 0.0776. The molecule has 0 saturated carbocycles. The van der Waals surface area contributed by atoms with E-state index in [-0.39, 0.29) is 5.92 Å². The van der Waals surface area contributed by atoms with Crippen molar-refractivity contribution in [2.45, 2.75) is 18.9 Å². The summed E-state index contributed by atoms with van der Waals surface area (Å²) in [6, 6.07) is 0. The highest BCUT2D eigenvalue weighted by Crippen LogP contribution is 2.28. The van der Waals surface area contributed by atoms with Gasteiger partial charge in [-0.1, -0.05) is 0 Å². The van der Waals surface area contributed by atoms with Gasteiger partial charge in [0.2, 0.25) is 0 Å². The van der Waals surface area contributed by atoms with E-state index in [1.165, 1.54) is 0 Å². The predicted molar refractivity (Wildman–Crippen MR) is 46.7 cm³/mol. The lowest BCUT2D eigenvalue weighted by Gasteiger charge is -2.33. The smallest absolute Gasteiger partial charge is 0.251 e. The monoisotopic (exact) mass is 166 g/mol. The fourth-order valence-corrected chi connectivity index (χ4v) is 1.75. The van der Waals surface area contributed by atoms with Crippen molar-refractivity contribution in [2.75, 3.05) is 20.1 Å². The highest BCUT2D eigenvalue weighted by Gasteiger charge is 2.44. The molecular formula is C9H14N2O. The predicted octanol–water partition coefficient (Wildman–Crippen LogP) is 0.815. The van der Waals surface area contributed by atoms with Gasteiger partial charge in [-0.25, -0.2) is 6.57 Å². The number of carbonyl (C=O) groups is 1. The molecule has 2 unspecified atom stereocenters. The summed E-state index contributed by atoms with van der Waals surface area (Å²) >= 11 is 0. The molecular weight excluding hydrogens is 152 g/mol. The zero-order valence-corrected chi connectivity index (χ0v) is 7.58. The molecule has 0 aliphatic carbocycles. The molecule has 0 amide bonds. The lowest BCUT2D eigenvalue weighted by atomic mass is 9.81. The van der Waals surface area contributed by atoms with E-state index < -0.39 is 5.54 Å². The third kappa shape index (κ3) is 1.49. The van der Waals surface area contributed by atoms with Gasteiger partial charge in [-0.15, -0.1) is 0 Å². The van der Waals surface area contributed by atoms with E-state index in [0.717, 1.165) is 19.3 Å². The molecule has 2 atom stereocenters. The number of likely N-dealkylation sites (N-methyl/N-ethyl adjacent to an activating group) is 1. The third-order valence-electron chi connectivity index (χ3n) is 2.63. The van der Waals surface area contributed by atoms with E-state index in [2.05, 4.69) is 9.74 Å². The number of aldehydes is 1. The van der Waals surface area contributed by atoms with Gasteiger partial charge in [0.15, 0.2) is 0 Å². The van der Waals surface area contributed by atoms with E-state index in [4.69, 9.17) is 6.57 Å². The molecule has 3 heteroatoms. The Morgan fingerprint density at radius 3 is 2.92 bits per heavy atom. The van der Waals surface area contributed by atoms with Gasteiger partial charge in [0.05, 0.1) is 12.5 Å². The first-order valence-electron chi connectivity index (χ1n) is 4.15. The molecule has 1 heterocycles. The van der Waals surface area contributed by atoms with Crippen molar-refractivity contribution in [1.29, 1.82) is 0 Å². The summed E-state index contributed by atoms with van der Waals surface area (Å²) in [5.41, 5.74) is -0.491. The highest BCUT2D eigenvalue weighted by molar-refractivity contribution is 5.57. The van der Waals surface area contributed by atoms with E-state index in [1.807, 2.05) is 14.0 Å². The van der Waals surface area contributed by atoms with Crippen molar-refractivity contribution in [3.63, 3.8) is 0 Å². The van der Waals surface area contributed by atoms with Crippen LogP contribution in [0.1, 0.15) is 13.3 Å². The van der Waals surface area contributed by atoms with Gasteiger partial charge in [0.1, 0.15) is 6.29 Å². The minimum atomic E-state index is -0.491. The molecule has 0 bridgehead atoms. The Kier molecular flexibility index (Phi) is 2.49. The molecule has 1 rings (SSSR count). The number of piperidine rings is 1. The molecule has 0 aromatic carbocycles. The van der Waals surface area contributed by atoms with Crippen LogP contribution in [0.3, 0.4) is 0 Å². The second-order valence-corrected chi connectivity index (χ2v) is 3.74. The highest BCUT2D eigenvalue weighted by atomic mass is 16.1. The van der Waals surface area contributed by atoms with Crippen molar-refractivity contribution in [2.24, 2.45) is 5.92 Å². The zero-order valence-electron chi connectivity index (χ0n) is 7.58. The molecule has 12 heavy (non-hydrogen) atoms. The molecule has 1 aliphatic rings. The van der Waals surface area contributed by atoms with E-state index >= 15 is 0 Å². The van der Waals surface area contributed by atoms with Crippen molar-refractivity contribution in [3.8, 4) is 0 Å². The van der Waals surface area contributed by atoms with Gasteiger partial charge in [-0.2, -0.15) is 0 Å². The SMILES string of the molecule is [C-]#[N+]C1(C)CN(C)CCC1C=O. The fourth-order valence-electron chi connectivity index (χ4n) is 1.75. The molecule has 0 N–H and O–H groups in total. The van der Waals surface area contributed by atoms with Crippen LogP contribution in [0, 0.1) is 12.5 Å². The van der Waals surface area contributed by atoms with Crippen LogP contribution in [0.2, 0.25) is 0 Å². The lowest BCUT2D eigenvalue weighted by Crippen LogP contribution is -2.49. The van der Waals surface area contributed by atoms with Gasteiger partial charge >= 0.3 is 0 Å². The van der Waals surface area contributed by atoms with E-state index in [9.17, 15) is 4.79 Å². The Hall–Kier alpha value is -0.880. The Morgan fingerprint density at radius 1 is 1.75 bits per heavy atom. The van der Waals surface area contributed by atoms with Crippen LogP contribution in [0.25, 0.3) is 4.85 Å². The summed E-state index contributed by atoms with van der Waals surface area (Å²) in [5, 5.41) is 0. The Bertz CT molecular complexity index is 221. The number of nitrogens with zero attached hydrogens (tertiary/aromatic N) is 2. The number of hydrogen-bond acceptors (Lipinski definition) is 2. The van der Waals surface area contributed by atoms with Gasteiger partial charge in [0.25, 0.3) is 5.54 Å². The van der Waals surface area contributed by atoms with Crippen LogP contribution < -0.4 is 0 Å². The summed E-state index contributed by atoms with van der Waals surface area (Å²) in [6.45, 7) is 10.6. The summed E-state index contributed by atoms with van der Waals surface area (Å²) in [7, 11) is 1.99. The average molecular weight is 166 g/mol. The van der Waals surface area contributed by atoms with Crippen LogP contribution >= 0.6 is 0 Å². The molecule has 1 fully saturated rings. The zero-order chi connectivity index (χ0) is 9.19. The van der Waals surface area contributed by atoms with E-state index in [0.29, 0.717) is 6.54 Å². The molecule has 0 aromatic heterocycles. The third-order valence-corrected chi connectivity index (χ3v) is 2.63.